The van der Waals surface area contributed by atoms with Gasteiger partial charge in [0.2, 0.25) is 5.91 Å². The molecular weight excluding hydrogens is 404 g/mol. The summed E-state index contributed by atoms with van der Waals surface area (Å²) in [6.45, 7) is 0.744. The van der Waals surface area contributed by atoms with Crippen LogP contribution in [0.4, 0.5) is 5.69 Å². The highest BCUT2D eigenvalue weighted by Gasteiger charge is 2.10. The average Bonchev–Trinajstić information content (AvgIpc) is 3.25. The van der Waals surface area contributed by atoms with Crippen molar-refractivity contribution < 1.29 is 4.79 Å². The lowest BCUT2D eigenvalue weighted by molar-refractivity contribution is -0.116. The van der Waals surface area contributed by atoms with Gasteiger partial charge in [0.05, 0.1) is 17.3 Å². The summed E-state index contributed by atoms with van der Waals surface area (Å²) in [4.78, 5) is 24.3. The van der Waals surface area contributed by atoms with Gasteiger partial charge in [-0.1, -0.05) is 35.5 Å². The topological polar surface area (TPSA) is 106 Å². The van der Waals surface area contributed by atoms with Gasteiger partial charge in [-0.3, -0.25) is 14.3 Å². The Hall–Kier alpha value is -3.52. The van der Waals surface area contributed by atoms with E-state index in [0.717, 1.165) is 30.3 Å². The fourth-order valence-corrected chi connectivity index (χ4v) is 3.21. The zero-order chi connectivity index (χ0) is 20.1. The number of benzene rings is 2. The third-order valence-corrected chi connectivity index (χ3v) is 4.63. The Morgan fingerprint density at radius 2 is 1.90 bits per heavy atom. The molecule has 2 N–H and O–H groups in total. The summed E-state index contributed by atoms with van der Waals surface area (Å²) in [5.74, 6) is -0.0416. The average molecular weight is 425 g/mol. The second-order valence-corrected chi connectivity index (χ2v) is 6.70. The second-order valence-electron chi connectivity index (χ2n) is 6.70. The minimum Gasteiger partial charge on any atom is -0.326 e. The molecule has 0 aliphatic carbocycles. The molecule has 0 radical (unpaired) electrons. The number of amides is 1. The second kappa shape index (κ2) is 9.80. The van der Waals surface area contributed by atoms with Crippen molar-refractivity contribution >= 4 is 34.8 Å². The van der Waals surface area contributed by atoms with Crippen molar-refractivity contribution in [2.24, 2.45) is 0 Å². The lowest BCUT2D eigenvalue weighted by atomic mass is 10.0. The molecule has 2 heterocycles. The van der Waals surface area contributed by atoms with E-state index in [0.29, 0.717) is 23.2 Å². The van der Waals surface area contributed by atoms with Crippen LogP contribution in [0.15, 0.2) is 65.7 Å². The zero-order valence-corrected chi connectivity index (χ0v) is 16.9. The lowest BCUT2D eigenvalue weighted by Gasteiger charge is -2.09. The van der Waals surface area contributed by atoms with Gasteiger partial charge in [0.1, 0.15) is 0 Å². The Kier molecular flexibility index (Phi) is 6.92. The van der Waals surface area contributed by atoms with Gasteiger partial charge in [0.25, 0.3) is 5.56 Å². The summed E-state index contributed by atoms with van der Waals surface area (Å²) in [5, 5.41) is 18.7. The van der Waals surface area contributed by atoms with E-state index in [4.69, 9.17) is 0 Å². The molecule has 30 heavy (non-hydrogen) atoms. The van der Waals surface area contributed by atoms with Crippen LogP contribution in [-0.4, -0.2) is 31.1 Å². The van der Waals surface area contributed by atoms with E-state index in [1.54, 1.807) is 23.1 Å². The first-order chi connectivity index (χ1) is 14.2. The van der Waals surface area contributed by atoms with Crippen LogP contribution in [0.3, 0.4) is 0 Å². The number of aryl methyl sites for hydroxylation is 1. The summed E-state index contributed by atoms with van der Waals surface area (Å²) in [6.07, 6.45) is 5.49. The largest absolute Gasteiger partial charge is 0.326 e. The van der Waals surface area contributed by atoms with E-state index < -0.39 is 0 Å². The molecule has 1 amide bonds. The predicted octanol–water partition coefficient (Wildman–Crippen LogP) is 3.41. The lowest BCUT2D eigenvalue weighted by Crippen LogP contribution is -2.12. The molecule has 4 rings (SSSR count). The van der Waals surface area contributed by atoms with Crippen LogP contribution in [0.5, 0.6) is 0 Å². The molecule has 0 aliphatic heterocycles. The van der Waals surface area contributed by atoms with Gasteiger partial charge in [-0.05, 0) is 31.0 Å². The Labute approximate surface area is 178 Å². The highest BCUT2D eigenvalue weighted by atomic mass is 35.5. The summed E-state index contributed by atoms with van der Waals surface area (Å²) >= 11 is 0. The molecule has 0 aliphatic rings. The number of carbonyl (C=O) groups is 1. The molecule has 2 aromatic carbocycles. The van der Waals surface area contributed by atoms with Crippen LogP contribution in [0.2, 0.25) is 0 Å². The fraction of sp³-hybridized carbons (Fsp3) is 0.190. The molecule has 0 fully saturated rings. The summed E-state index contributed by atoms with van der Waals surface area (Å²) < 4.78 is 1.75. The van der Waals surface area contributed by atoms with Gasteiger partial charge in [-0.25, -0.2) is 5.10 Å². The number of anilines is 1. The van der Waals surface area contributed by atoms with Gasteiger partial charge in [-0.15, -0.1) is 17.5 Å². The fourth-order valence-electron chi connectivity index (χ4n) is 3.21. The first kappa shape index (κ1) is 21.2. The number of nitrogens with zero attached hydrogens (tertiary/aromatic N) is 4. The van der Waals surface area contributed by atoms with Crippen LogP contribution in [-0.2, 0) is 11.3 Å². The third kappa shape index (κ3) is 4.90. The van der Waals surface area contributed by atoms with Crippen molar-refractivity contribution in [1.29, 1.82) is 0 Å². The Bertz CT molecular complexity index is 1190. The molecule has 0 bridgehead atoms. The zero-order valence-electron chi connectivity index (χ0n) is 16.1. The smallest absolute Gasteiger partial charge is 0.272 e. The highest BCUT2D eigenvalue weighted by Crippen LogP contribution is 2.26. The van der Waals surface area contributed by atoms with Crippen LogP contribution >= 0.6 is 12.4 Å². The quantitative estimate of drug-likeness (QED) is 0.442. The van der Waals surface area contributed by atoms with E-state index in [1.807, 2.05) is 42.5 Å². The molecule has 4 aromatic rings. The maximum atomic E-state index is 12.3. The van der Waals surface area contributed by atoms with Crippen molar-refractivity contribution in [2.75, 3.05) is 5.32 Å². The van der Waals surface area contributed by atoms with Gasteiger partial charge in [0.15, 0.2) is 0 Å². The molecular formula is C21H21ClN6O2. The molecule has 9 heteroatoms. The van der Waals surface area contributed by atoms with Crippen molar-refractivity contribution in [2.45, 2.75) is 25.8 Å². The summed E-state index contributed by atoms with van der Waals surface area (Å²) in [6, 6.07) is 14.8. The molecule has 2 aromatic heterocycles. The molecule has 0 unspecified atom stereocenters. The first-order valence-corrected chi connectivity index (χ1v) is 9.42. The number of fused-ring (bicyclic) bond motifs is 1. The number of aromatic nitrogens is 5. The standard InChI is InChI=1S/C21H20N6O2.ClH/c28-19(10-3-4-12-27-13-11-22-26-27)23-16-7-5-6-15(14-16)20-17-8-1-2-9-18(17)21(29)25-24-20;/h1-2,5-9,11,13-14H,3-4,10,12H2,(H,23,28)(H,25,29);1H. The summed E-state index contributed by atoms with van der Waals surface area (Å²) in [5.41, 5.74) is 1.96. The van der Waals surface area contributed by atoms with Crippen molar-refractivity contribution in [1.82, 2.24) is 25.2 Å². The number of halogens is 1. The minimum absolute atomic E-state index is 0. The molecule has 0 saturated heterocycles. The van der Waals surface area contributed by atoms with Crippen molar-refractivity contribution in [3.63, 3.8) is 0 Å². The number of hydrogen-bond acceptors (Lipinski definition) is 5. The number of H-pyrrole nitrogens is 1. The third-order valence-electron chi connectivity index (χ3n) is 4.63. The van der Waals surface area contributed by atoms with E-state index >= 15 is 0 Å². The Balaban J connectivity index is 0.00000256. The maximum absolute atomic E-state index is 12.3. The summed E-state index contributed by atoms with van der Waals surface area (Å²) in [7, 11) is 0. The maximum Gasteiger partial charge on any atom is 0.272 e. The molecule has 0 spiro atoms. The number of hydrogen-bond donors (Lipinski definition) is 2. The van der Waals surface area contributed by atoms with Crippen LogP contribution in [0.1, 0.15) is 19.3 Å². The van der Waals surface area contributed by atoms with E-state index in [-0.39, 0.29) is 23.9 Å². The number of carbonyl (C=O) groups excluding carboxylic acids is 1. The molecule has 154 valence electrons. The number of unbranched alkanes of at least 4 members (excludes halogenated alkanes) is 1. The van der Waals surface area contributed by atoms with Gasteiger partial charge < -0.3 is 5.32 Å². The van der Waals surface area contributed by atoms with E-state index in [2.05, 4.69) is 25.8 Å². The SMILES string of the molecule is Cl.O=C(CCCCn1ccnn1)Nc1cccc(-c2n[nH]c(=O)c3ccccc23)c1. The van der Waals surface area contributed by atoms with E-state index in [1.165, 1.54) is 0 Å². The normalized spacial score (nSPS) is 10.5. The number of nitrogens with one attached hydrogen (secondary N) is 2. The van der Waals surface area contributed by atoms with Crippen molar-refractivity contribution in [3.8, 4) is 11.3 Å². The molecule has 0 saturated carbocycles. The molecule has 0 atom stereocenters. The number of rotatable bonds is 7. The van der Waals surface area contributed by atoms with Crippen LogP contribution < -0.4 is 10.9 Å². The highest BCUT2D eigenvalue weighted by molar-refractivity contribution is 5.95. The van der Waals surface area contributed by atoms with Gasteiger partial charge in [0, 0.05) is 35.8 Å². The van der Waals surface area contributed by atoms with E-state index in [9.17, 15) is 9.59 Å². The minimum atomic E-state index is -0.222. The Morgan fingerprint density at radius 3 is 2.70 bits per heavy atom. The van der Waals surface area contributed by atoms with Crippen molar-refractivity contribution in [3.05, 3.63) is 71.3 Å². The monoisotopic (exact) mass is 424 g/mol. The first-order valence-electron chi connectivity index (χ1n) is 9.42. The van der Waals surface area contributed by atoms with Gasteiger partial charge in [-0.2, -0.15) is 5.10 Å². The van der Waals surface area contributed by atoms with Crippen LogP contribution in [0.25, 0.3) is 22.0 Å². The Morgan fingerprint density at radius 1 is 1.07 bits per heavy atom. The number of aromatic amines is 1. The van der Waals surface area contributed by atoms with Gasteiger partial charge >= 0.3 is 0 Å². The predicted molar refractivity (Wildman–Crippen MR) is 118 cm³/mol. The molecule has 8 nitrogen and oxygen atoms in total. The van der Waals surface area contributed by atoms with Crippen LogP contribution in [0, 0.1) is 0 Å².